The third kappa shape index (κ3) is 3.16. The average molecular weight is 391 g/mol. The first-order valence-electron chi connectivity index (χ1n) is 7.44. The summed E-state index contributed by atoms with van der Waals surface area (Å²) in [5, 5.41) is 11.9. The van der Waals surface area contributed by atoms with Crippen LogP contribution in [-0.2, 0) is 9.59 Å². The van der Waals surface area contributed by atoms with E-state index in [4.69, 9.17) is 28.3 Å². The predicted molar refractivity (Wildman–Crippen MR) is 98.6 cm³/mol. The van der Waals surface area contributed by atoms with Gasteiger partial charge in [-0.15, -0.1) is 0 Å². The number of carbonyl (C=O) groups excluding carboxylic acids is 2. The van der Waals surface area contributed by atoms with Gasteiger partial charge in [0.15, 0.2) is 0 Å². The SMILES string of the molecule is Cc1ccc(N2C(=O)C(Cl)=C(Nc3ccc(C(=O)O)cc3)C2=O)cc1Cl. The Bertz CT molecular complexity index is 968. The van der Waals surface area contributed by atoms with Gasteiger partial charge in [0.1, 0.15) is 10.7 Å². The number of anilines is 2. The molecule has 2 N–H and O–H groups in total. The molecule has 132 valence electrons. The molecular weight excluding hydrogens is 379 g/mol. The molecule has 0 saturated carbocycles. The third-order valence-electron chi connectivity index (χ3n) is 3.84. The number of hydrogen-bond donors (Lipinski definition) is 2. The standard InChI is InChI=1S/C18H12Cl2N2O4/c1-9-2-7-12(8-13(9)19)22-16(23)14(20)15(17(22)24)21-11-5-3-10(4-6-11)18(25)26/h2-8,21H,1H3,(H,25,26). The number of carboxylic acid groups (broad SMARTS) is 1. The summed E-state index contributed by atoms with van der Waals surface area (Å²) in [5.41, 5.74) is 1.56. The first-order chi connectivity index (χ1) is 12.3. The third-order valence-corrected chi connectivity index (χ3v) is 4.60. The molecule has 8 heteroatoms. The molecule has 1 heterocycles. The van der Waals surface area contributed by atoms with Crippen molar-refractivity contribution in [2.45, 2.75) is 6.92 Å². The number of imide groups is 1. The number of hydrogen-bond acceptors (Lipinski definition) is 4. The molecule has 0 radical (unpaired) electrons. The molecular formula is C18H12Cl2N2O4. The Morgan fingerprint density at radius 3 is 2.27 bits per heavy atom. The van der Waals surface area contributed by atoms with Gasteiger partial charge >= 0.3 is 5.97 Å². The number of benzene rings is 2. The van der Waals surface area contributed by atoms with Crippen LogP contribution in [0.15, 0.2) is 53.2 Å². The molecule has 0 spiro atoms. The van der Waals surface area contributed by atoms with Crippen LogP contribution >= 0.6 is 23.2 Å². The van der Waals surface area contributed by atoms with Crippen molar-refractivity contribution in [2.24, 2.45) is 0 Å². The Hall–Kier alpha value is -2.83. The highest BCUT2D eigenvalue weighted by atomic mass is 35.5. The second kappa shape index (κ2) is 6.82. The summed E-state index contributed by atoms with van der Waals surface area (Å²) in [6, 6.07) is 10.5. The number of carbonyl (C=O) groups is 3. The fourth-order valence-electron chi connectivity index (χ4n) is 2.41. The molecule has 0 bridgehead atoms. The van der Waals surface area contributed by atoms with Crippen molar-refractivity contribution in [3.63, 3.8) is 0 Å². The van der Waals surface area contributed by atoms with Gasteiger partial charge in [-0.1, -0.05) is 29.3 Å². The van der Waals surface area contributed by atoms with Gasteiger partial charge in [0.2, 0.25) is 0 Å². The lowest BCUT2D eigenvalue weighted by molar-refractivity contribution is -0.120. The number of rotatable bonds is 4. The molecule has 2 amide bonds. The second-order valence-electron chi connectivity index (χ2n) is 5.58. The van der Waals surface area contributed by atoms with Gasteiger partial charge in [-0.2, -0.15) is 0 Å². The highest BCUT2D eigenvalue weighted by Crippen LogP contribution is 2.32. The van der Waals surface area contributed by atoms with Gasteiger partial charge in [0, 0.05) is 10.7 Å². The molecule has 0 aromatic heterocycles. The minimum Gasteiger partial charge on any atom is -0.478 e. The highest BCUT2D eigenvalue weighted by molar-refractivity contribution is 6.53. The summed E-state index contributed by atoms with van der Waals surface area (Å²) in [6.07, 6.45) is 0. The van der Waals surface area contributed by atoms with Crippen molar-refractivity contribution in [3.05, 3.63) is 69.3 Å². The number of aromatic carboxylic acids is 1. The first-order valence-corrected chi connectivity index (χ1v) is 8.20. The number of carboxylic acids is 1. The highest BCUT2D eigenvalue weighted by Gasteiger charge is 2.39. The lowest BCUT2D eigenvalue weighted by Gasteiger charge is -2.16. The van der Waals surface area contributed by atoms with Crippen LogP contribution in [0.4, 0.5) is 11.4 Å². The van der Waals surface area contributed by atoms with E-state index in [0.29, 0.717) is 16.4 Å². The van der Waals surface area contributed by atoms with Crippen molar-refractivity contribution in [1.82, 2.24) is 0 Å². The zero-order chi connectivity index (χ0) is 19.0. The maximum absolute atomic E-state index is 12.7. The Kier molecular flexibility index (Phi) is 4.71. The van der Waals surface area contributed by atoms with Crippen molar-refractivity contribution >= 4 is 52.4 Å². The van der Waals surface area contributed by atoms with Crippen molar-refractivity contribution in [3.8, 4) is 0 Å². The monoisotopic (exact) mass is 390 g/mol. The molecule has 2 aromatic carbocycles. The lowest BCUT2D eigenvalue weighted by atomic mass is 10.2. The van der Waals surface area contributed by atoms with Crippen LogP contribution in [0, 0.1) is 6.92 Å². The van der Waals surface area contributed by atoms with Crippen LogP contribution in [0.3, 0.4) is 0 Å². The Morgan fingerprint density at radius 1 is 1.04 bits per heavy atom. The largest absolute Gasteiger partial charge is 0.478 e. The van der Waals surface area contributed by atoms with Crippen LogP contribution in [0.2, 0.25) is 5.02 Å². The topological polar surface area (TPSA) is 86.7 Å². The van der Waals surface area contributed by atoms with Crippen molar-refractivity contribution < 1.29 is 19.5 Å². The minimum absolute atomic E-state index is 0.0866. The number of aryl methyl sites for hydroxylation is 1. The van der Waals surface area contributed by atoms with E-state index in [1.807, 2.05) is 0 Å². The first kappa shape index (κ1) is 18.0. The normalized spacial score (nSPS) is 14.2. The van der Waals surface area contributed by atoms with E-state index >= 15 is 0 Å². The zero-order valence-electron chi connectivity index (χ0n) is 13.4. The molecule has 3 rings (SSSR count). The van der Waals surface area contributed by atoms with Gasteiger partial charge < -0.3 is 10.4 Å². The molecule has 1 aliphatic rings. The summed E-state index contributed by atoms with van der Waals surface area (Å²) >= 11 is 12.1. The maximum atomic E-state index is 12.7. The van der Waals surface area contributed by atoms with E-state index in [0.717, 1.165) is 10.5 Å². The minimum atomic E-state index is -1.07. The number of nitrogens with zero attached hydrogens (tertiary/aromatic N) is 1. The zero-order valence-corrected chi connectivity index (χ0v) is 14.9. The molecule has 2 aromatic rings. The Labute approximate surface area is 158 Å². The van der Waals surface area contributed by atoms with E-state index in [1.54, 1.807) is 19.1 Å². The second-order valence-corrected chi connectivity index (χ2v) is 6.36. The maximum Gasteiger partial charge on any atom is 0.335 e. The Balaban J connectivity index is 1.88. The van der Waals surface area contributed by atoms with Crippen LogP contribution in [0.1, 0.15) is 15.9 Å². The quantitative estimate of drug-likeness (QED) is 0.775. The van der Waals surface area contributed by atoms with Crippen LogP contribution in [-0.4, -0.2) is 22.9 Å². The van der Waals surface area contributed by atoms with Crippen LogP contribution < -0.4 is 10.2 Å². The van der Waals surface area contributed by atoms with E-state index in [-0.39, 0.29) is 16.3 Å². The summed E-state index contributed by atoms with van der Waals surface area (Å²) in [4.78, 5) is 36.9. The van der Waals surface area contributed by atoms with Crippen LogP contribution in [0.5, 0.6) is 0 Å². The van der Waals surface area contributed by atoms with E-state index in [9.17, 15) is 14.4 Å². The summed E-state index contributed by atoms with van der Waals surface area (Å²) in [6.45, 7) is 1.80. The molecule has 0 aliphatic carbocycles. The van der Waals surface area contributed by atoms with E-state index < -0.39 is 17.8 Å². The van der Waals surface area contributed by atoms with Gasteiger partial charge in [0.05, 0.1) is 11.3 Å². The smallest absolute Gasteiger partial charge is 0.335 e. The molecule has 6 nitrogen and oxygen atoms in total. The van der Waals surface area contributed by atoms with Gasteiger partial charge in [0.25, 0.3) is 11.8 Å². The average Bonchev–Trinajstić information content (AvgIpc) is 2.81. The predicted octanol–water partition coefficient (Wildman–Crippen LogP) is 3.78. The summed E-state index contributed by atoms with van der Waals surface area (Å²) in [5.74, 6) is -2.35. The Morgan fingerprint density at radius 2 is 1.69 bits per heavy atom. The summed E-state index contributed by atoms with van der Waals surface area (Å²) in [7, 11) is 0. The molecule has 0 saturated heterocycles. The van der Waals surface area contributed by atoms with Gasteiger partial charge in [-0.25, -0.2) is 9.69 Å². The van der Waals surface area contributed by atoms with Gasteiger partial charge in [-0.3, -0.25) is 9.59 Å². The molecule has 0 atom stereocenters. The number of halogens is 2. The number of nitrogens with one attached hydrogen (secondary N) is 1. The summed E-state index contributed by atoms with van der Waals surface area (Å²) < 4.78 is 0. The van der Waals surface area contributed by atoms with Crippen molar-refractivity contribution in [1.29, 1.82) is 0 Å². The van der Waals surface area contributed by atoms with Crippen LogP contribution in [0.25, 0.3) is 0 Å². The van der Waals surface area contributed by atoms with Gasteiger partial charge in [-0.05, 0) is 48.9 Å². The molecule has 0 unspecified atom stereocenters. The van der Waals surface area contributed by atoms with E-state index in [2.05, 4.69) is 5.32 Å². The van der Waals surface area contributed by atoms with E-state index in [1.165, 1.54) is 30.3 Å². The molecule has 26 heavy (non-hydrogen) atoms. The number of amides is 2. The fourth-order valence-corrected chi connectivity index (χ4v) is 2.79. The molecule has 1 aliphatic heterocycles. The lowest BCUT2D eigenvalue weighted by Crippen LogP contribution is -2.32. The molecule has 0 fully saturated rings. The fraction of sp³-hybridized carbons (Fsp3) is 0.0556. The van der Waals surface area contributed by atoms with Crippen molar-refractivity contribution in [2.75, 3.05) is 10.2 Å².